The van der Waals surface area contributed by atoms with Crippen LogP contribution in [0.4, 0.5) is 0 Å². The molecule has 2 N–H and O–H groups in total. The molecule has 2 saturated heterocycles. The molecule has 0 aromatic heterocycles. The molecule has 0 atom stereocenters. The number of rotatable bonds is 11. The summed E-state index contributed by atoms with van der Waals surface area (Å²) in [5.74, 6) is -0.633. The van der Waals surface area contributed by atoms with Crippen LogP contribution in [-0.4, -0.2) is 109 Å². The Labute approximate surface area is 268 Å². The van der Waals surface area contributed by atoms with E-state index >= 15 is 0 Å². The highest BCUT2D eigenvalue weighted by atomic mass is 16.4. The molecule has 2 aromatic carbocycles. The van der Waals surface area contributed by atoms with Gasteiger partial charge in [-0.25, -0.2) is 0 Å². The van der Waals surface area contributed by atoms with Crippen LogP contribution in [0, 0.1) is 13.8 Å². The minimum absolute atomic E-state index is 0.0584. The van der Waals surface area contributed by atoms with Crippen molar-refractivity contribution in [2.24, 2.45) is 0 Å². The number of carbonyl (C=O) groups is 2. The zero-order chi connectivity index (χ0) is 32.7. The van der Waals surface area contributed by atoms with E-state index in [-0.39, 0.29) is 12.3 Å². The number of hydrogen-bond acceptors (Lipinski definition) is 6. The number of carbonyl (C=O) groups excluding carboxylic acids is 1. The van der Waals surface area contributed by atoms with Crippen LogP contribution in [0.25, 0.3) is 0 Å². The number of benzene rings is 2. The van der Waals surface area contributed by atoms with Gasteiger partial charge in [-0.1, -0.05) is 87.4 Å². The molecule has 1 amide bonds. The quantitative estimate of drug-likeness (QED) is 0.358. The second-order valence-electron chi connectivity index (χ2n) is 11.2. The average Bonchev–Trinajstić information content (AvgIpc) is 3.01. The number of aliphatic carboxylic acids is 1. The van der Waals surface area contributed by atoms with E-state index in [0.717, 1.165) is 91.5 Å². The topological polar surface area (TPSA) is 79.4 Å². The molecule has 8 heteroatoms. The highest BCUT2D eigenvalue weighted by molar-refractivity contribution is 5.72. The zero-order valence-corrected chi connectivity index (χ0v) is 28.8. The maximum atomic E-state index is 10.8. The number of aryl methyl sites for hydroxylation is 2. The molecule has 2 aliphatic rings. The smallest absolute Gasteiger partial charge is 0.303 e. The molecular formula is C36H61N5O3. The Morgan fingerprint density at radius 3 is 1.48 bits per heavy atom. The first kappa shape index (κ1) is 39.2. The Balaban J connectivity index is 0.000000395. The van der Waals surface area contributed by atoms with Crippen molar-refractivity contribution in [1.29, 1.82) is 0 Å². The van der Waals surface area contributed by atoms with Gasteiger partial charge in [-0.15, -0.1) is 0 Å². The molecular weight excluding hydrogens is 550 g/mol. The third-order valence-electron chi connectivity index (χ3n) is 7.57. The van der Waals surface area contributed by atoms with Gasteiger partial charge in [-0.05, 0) is 37.9 Å². The molecule has 248 valence electrons. The Morgan fingerprint density at radius 1 is 0.682 bits per heavy atom. The Kier molecular flexibility index (Phi) is 21.0. The van der Waals surface area contributed by atoms with Crippen molar-refractivity contribution in [2.75, 3.05) is 72.0 Å². The molecule has 4 rings (SSSR count). The molecule has 44 heavy (non-hydrogen) atoms. The first-order valence-corrected chi connectivity index (χ1v) is 16.7. The minimum atomic E-state index is -0.692. The van der Waals surface area contributed by atoms with E-state index in [1.165, 1.54) is 22.3 Å². The standard InChI is InChI=1S/C16H25N3O.C16H24N2O2.2C2H6/c1-14-4-3-5-16(12-14)13-19-10-8-18(9-11-19)7-6-17-15(2)20;1-14-4-2-5-15(12-14)13-18-10-8-17(9-11-18)7-3-6-16(19)20;2*1-2/h3-5,12H,6-11,13H2,1-2H3,(H,17,20);2,4-5,12H,3,6-11,13H2,1H3,(H,19,20);2*1-2H3. The zero-order valence-electron chi connectivity index (χ0n) is 28.8. The summed E-state index contributed by atoms with van der Waals surface area (Å²) in [4.78, 5) is 31.1. The summed E-state index contributed by atoms with van der Waals surface area (Å²) in [6, 6.07) is 17.4. The van der Waals surface area contributed by atoms with E-state index in [1.54, 1.807) is 6.92 Å². The molecule has 8 nitrogen and oxygen atoms in total. The van der Waals surface area contributed by atoms with Crippen LogP contribution in [0.1, 0.15) is 69.7 Å². The summed E-state index contributed by atoms with van der Waals surface area (Å²) in [6.45, 7) is 27.1. The van der Waals surface area contributed by atoms with Gasteiger partial charge in [0.2, 0.25) is 5.91 Å². The highest BCUT2D eigenvalue weighted by Crippen LogP contribution is 2.12. The average molecular weight is 612 g/mol. The van der Waals surface area contributed by atoms with E-state index in [9.17, 15) is 9.59 Å². The largest absolute Gasteiger partial charge is 0.481 e. The van der Waals surface area contributed by atoms with Gasteiger partial charge in [0, 0.05) is 91.9 Å². The van der Waals surface area contributed by atoms with Crippen molar-refractivity contribution in [3.63, 3.8) is 0 Å². The van der Waals surface area contributed by atoms with E-state index in [0.29, 0.717) is 0 Å². The van der Waals surface area contributed by atoms with Gasteiger partial charge in [0.15, 0.2) is 0 Å². The summed E-state index contributed by atoms with van der Waals surface area (Å²) in [5.41, 5.74) is 5.42. The molecule has 0 aliphatic carbocycles. The number of carboxylic acids is 1. The first-order chi connectivity index (χ1) is 21.3. The van der Waals surface area contributed by atoms with Gasteiger partial charge in [0.05, 0.1) is 0 Å². The van der Waals surface area contributed by atoms with Crippen LogP contribution >= 0.6 is 0 Å². The second kappa shape index (κ2) is 23.6. The molecule has 0 saturated carbocycles. The van der Waals surface area contributed by atoms with Crippen LogP contribution in [0.15, 0.2) is 48.5 Å². The van der Waals surface area contributed by atoms with E-state index < -0.39 is 5.97 Å². The van der Waals surface area contributed by atoms with Crippen LogP contribution in [0.2, 0.25) is 0 Å². The number of nitrogens with zero attached hydrogens (tertiary/aromatic N) is 4. The van der Waals surface area contributed by atoms with Crippen molar-refractivity contribution >= 4 is 11.9 Å². The third kappa shape index (κ3) is 17.5. The van der Waals surface area contributed by atoms with E-state index in [2.05, 4.69) is 87.3 Å². The van der Waals surface area contributed by atoms with Crippen molar-refractivity contribution in [3.05, 3.63) is 70.8 Å². The molecule has 0 bridgehead atoms. The van der Waals surface area contributed by atoms with Gasteiger partial charge in [-0.3, -0.25) is 24.3 Å². The summed E-state index contributed by atoms with van der Waals surface area (Å²) in [6.07, 6.45) is 1.04. The summed E-state index contributed by atoms with van der Waals surface area (Å²) in [5, 5.41) is 11.5. The van der Waals surface area contributed by atoms with Crippen molar-refractivity contribution < 1.29 is 14.7 Å². The lowest BCUT2D eigenvalue weighted by atomic mass is 10.1. The Morgan fingerprint density at radius 2 is 1.09 bits per heavy atom. The van der Waals surface area contributed by atoms with Gasteiger partial charge >= 0.3 is 5.97 Å². The van der Waals surface area contributed by atoms with E-state index in [4.69, 9.17) is 5.11 Å². The maximum Gasteiger partial charge on any atom is 0.303 e. The monoisotopic (exact) mass is 611 g/mol. The number of hydrogen-bond donors (Lipinski definition) is 2. The SMILES string of the molecule is CC.CC.CC(=O)NCCN1CCN(Cc2cccc(C)c2)CC1.Cc1cccc(CN2CCN(CCCC(=O)O)CC2)c1. The fourth-order valence-electron chi connectivity index (χ4n) is 5.32. The van der Waals surface area contributed by atoms with Gasteiger partial charge < -0.3 is 15.3 Å². The van der Waals surface area contributed by atoms with E-state index in [1.807, 2.05) is 27.7 Å². The fraction of sp³-hybridized carbons (Fsp3) is 0.611. The predicted octanol–water partition coefficient (Wildman–Crippen LogP) is 5.28. The summed E-state index contributed by atoms with van der Waals surface area (Å²) in [7, 11) is 0. The predicted molar refractivity (Wildman–Crippen MR) is 184 cm³/mol. The summed E-state index contributed by atoms with van der Waals surface area (Å²) < 4.78 is 0. The molecule has 2 aliphatic heterocycles. The lowest BCUT2D eigenvalue weighted by Crippen LogP contribution is -2.47. The van der Waals surface area contributed by atoms with Crippen molar-refractivity contribution in [2.45, 2.75) is 74.4 Å². The summed E-state index contributed by atoms with van der Waals surface area (Å²) >= 11 is 0. The molecule has 0 radical (unpaired) electrons. The molecule has 2 aromatic rings. The first-order valence-electron chi connectivity index (χ1n) is 16.7. The third-order valence-corrected chi connectivity index (χ3v) is 7.57. The molecule has 0 unspecified atom stereocenters. The maximum absolute atomic E-state index is 10.8. The lowest BCUT2D eigenvalue weighted by molar-refractivity contribution is -0.137. The van der Waals surface area contributed by atoms with Crippen LogP contribution in [0.5, 0.6) is 0 Å². The van der Waals surface area contributed by atoms with Crippen molar-refractivity contribution in [1.82, 2.24) is 24.9 Å². The number of piperazine rings is 2. The highest BCUT2D eigenvalue weighted by Gasteiger charge is 2.18. The fourth-order valence-corrected chi connectivity index (χ4v) is 5.32. The molecule has 0 spiro atoms. The van der Waals surface area contributed by atoms with Gasteiger partial charge in [0.25, 0.3) is 0 Å². The van der Waals surface area contributed by atoms with Crippen molar-refractivity contribution in [3.8, 4) is 0 Å². The van der Waals surface area contributed by atoms with Crippen LogP contribution in [-0.2, 0) is 22.7 Å². The Hall–Kier alpha value is -2.78. The lowest BCUT2D eigenvalue weighted by Gasteiger charge is -2.34. The van der Waals surface area contributed by atoms with Crippen LogP contribution in [0.3, 0.4) is 0 Å². The number of nitrogens with one attached hydrogen (secondary N) is 1. The van der Waals surface area contributed by atoms with Gasteiger partial charge in [0.1, 0.15) is 0 Å². The second-order valence-corrected chi connectivity index (χ2v) is 11.2. The minimum Gasteiger partial charge on any atom is -0.481 e. The Bertz CT molecular complexity index is 964. The normalized spacial score (nSPS) is 15.9. The van der Waals surface area contributed by atoms with Crippen LogP contribution < -0.4 is 5.32 Å². The molecule has 2 fully saturated rings. The number of amides is 1. The number of carboxylic acid groups (broad SMARTS) is 1. The van der Waals surface area contributed by atoms with Gasteiger partial charge in [-0.2, -0.15) is 0 Å². The molecule has 2 heterocycles.